The third-order valence-corrected chi connectivity index (χ3v) is 4.71. The van der Waals surface area contributed by atoms with Crippen LogP contribution in [-0.4, -0.2) is 29.8 Å². The third-order valence-electron chi connectivity index (χ3n) is 4.71. The number of unbranched alkanes of at least 4 members (excludes halogenated alkanes) is 1. The predicted octanol–water partition coefficient (Wildman–Crippen LogP) is 3.41. The Morgan fingerprint density at radius 2 is 2.12 bits per heavy atom. The molecule has 0 spiro atoms. The molecule has 1 heterocycles. The van der Waals surface area contributed by atoms with E-state index in [0.29, 0.717) is 24.6 Å². The van der Waals surface area contributed by atoms with Crippen LogP contribution in [0.5, 0.6) is 11.5 Å². The fourth-order valence-electron chi connectivity index (χ4n) is 3.20. The summed E-state index contributed by atoms with van der Waals surface area (Å²) in [5, 5.41) is 10.2. The van der Waals surface area contributed by atoms with Crippen molar-refractivity contribution < 1.29 is 14.3 Å². The van der Waals surface area contributed by atoms with Gasteiger partial charge in [-0.25, -0.2) is 0 Å². The van der Waals surface area contributed by atoms with Gasteiger partial charge in [-0.1, -0.05) is 19.4 Å². The van der Waals surface area contributed by atoms with Crippen molar-refractivity contribution in [3.8, 4) is 11.5 Å². The zero-order valence-electron chi connectivity index (χ0n) is 15.6. The predicted molar refractivity (Wildman–Crippen MR) is 99.8 cm³/mol. The van der Waals surface area contributed by atoms with Crippen molar-refractivity contribution in [2.45, 2.75) is 52.0 Å². The number of ether oxygens (including phenoxy) is 2. The largest absolute Gasteiger partial charge is 0.493 e. The summed E-state index contributed by atoms with van der Waals surface area (Å²) in [7, 11) is 1.63. The molecule has 0 bridgehead atoms. The van der Waals surface area contributed by atoms with E-state index >= 15 is 0 Å². The quantitative estimate of drug-likeness (QED) is 0.710. The number of hydrogen-bond donors (Lipinski definition) is 2. The minimum absolute atomic E-state index is 0.133. The lowest BCUT2D eigenvalue weighted by Gasteiger charge is -2.13. The maximum atomic E-state index is 12.5. The van der Waals surface area contributed by atoms with Gasteiger partial charge in [0.2, 0.25) is 0 Å². The number of fused-ring (bicyclic) bond motifs is 1. The first-order valence-electron chi connectivity index (χ1n) is 9.37. The Hall–Kier alpha value is -2.50. The van der Waals surface area contributed by atoms with Crippen molar-refractivity contribution in [1.29, 1.82) is 0 Å². The number of amides is 1. The van der Waals surface area contributed by atoms with Gasteiger partial charge in [-0.05, 0) is 49.8 Å². The molecule has 1 aromatic heterocycles. The maximum Gasteiger partial charge on any atom is 0.272 e. The van der Waals surface area contributed by atoms with Crippen LogP contribution in [0.25, 0.3) is 0 Å². The Bertz CT molecular complexity index is 755. The molecule has 0 saturated heterocycles. The molecule has 0 fully saturated rings. The number of nitrogens with zero attached hydrogens (tertiary/aromatic N) is 1. The summed E-state index contributed by atoms with van der Waals surface area (Å²) in [5.41, 5.74) is 3.68. The van der Waals surface area contributed by atoms with E-state index < -0.39 is 0 Å². The van der Waals surface area contributed by atoms with E-state index in [9.17, 15) is 4.79 Å². The van der Waals surface area contributed by atoms with Gasteiger partial charge in [-0.2, -0.15) is 5.10 Å². The number of benzene rings is 1. The highest BCUT2D eigenvalue weighted by Gasteiger charge is 2.21. The first kappa shape index (κ1) is 18.3. The van der Waals surface area contributed by atoms with E-state index in [1.165, 1.54) is 0 Å². The molecule has 1 aliphatic rings. The van der Waals surface area contributed by atoms with Crippen LogP contribution >= 0.6 is 0 Å². The van der Waals surface area contributed by atoms with Crippen molar-refractivity contribution in [2.24, 2.45) is 0 Å². The minimum Gasteiger partial charge on any atom is -0.493 e. The van der Waals surface area contributed by atoms with Crippen LogP contribution in [0.15, 0.2) is 18.2 Å². The highest BCUT2D eigenvalue weighted by atomic mass is 16.5. The summed E-state index contributed by atoms with van der Waals surface area (Å²) in [6.45, 7) is 3.22. The van der Waals surface area contributed by atoms with Gasteiger partial charge in [-0.15, -0.1) is 0 Å². The van der Waals surface area contributed by atoms with Gasteiger partial charge in [0.1, 0.15) is 0 Å². The highest BCUT2D eigenvalue weighted by Crippen LogP contribution is 2.28. The number of carbonyl (C=O) groups is 1. The van der Waals surface area contributed by atoms with Gasteiger partial charge in [0, 0.05) is 17.8 Å². The molecule has 0 saturated carbocycles. The summed E-state index contributed by atoms with van der Waals surface area (Å²) in [6.07, 6.45) is 6.27. The molecule has 6 nitrogen and oxygen atoms in total. The van der Waals surface area contributed by atoms with Crippen molar-refractivity contribution >= 4 is 5.91 Å². The molecule has 3 rings (SSSR count). The third kappa shape index (κ3) is 4.18. The topological polar surface area (TPSA) is 76.2 Å². The second-order valence-corrected chi connectivity index (χ2v) is 6.61. The van der Waals surface area contributed by atoms with Crippen molar-refractivity contribution in [3.63, 3.8) is 0 Å². The number of carbonyl (C=O) groups excluding carboxylic acids is 1. The number of aromatic amines is 1. The first-order chi connectivity index (χ1) is 12.7. The van der Waals surface area contributed by atoms with Crippen molar-refractivity contribution in [3.05, 3.63) is 40.7 Å². The Kier molecular flexibility index (Phi) is 6.15. The number of H-pyrrole nitrogens is 1. The standard InChI is InChI=1S/C20H27N3O3/c1-3-4-11-26-17-10-9-14(12-18(17)25-2)13-21-20(24)19-15-7-5-6-8-16(15)22-23-19/h9-10,12H,3-8,11,13H2,1-2H3,(H,21,24)(H,22,23). The van der Waals surface area contributed by atoms with Gasteiger partial charge < -0.3 is 14.8 Å². The Balaban J connectivity index is 1.62. The molecular formula is C20H27N3O3. The van der Waals surface area contributed by atoms with E-state index in [4.69, 9.17) is 9.47 Å². The number of aromatic nitrogens is 2. The smallest absolute Gasteiger partial charge is 0.272 e. The number of nitrogens with one attached hydrogen (secondary N) is 2. The van der Waals surface area contributed by atoms with E-state index in [0.717, 1.165) is 61.1 Å². The fourth-order valence-corrected chi connectivity index (χ4v) is 3.20. The molecular weight excluding hydrogens is 330 g/mol. The monoisotopic (exact) mass is 357 g/mol. The van der Waals surface area contributed by atoms with Crippen molar-refractivity contribution in [1.82, 2.24) is 15.5 Å². The molecule has 1 amide bonds. The van der Waals surface area contributed by atoms with Gasteiger partial charge in [0.15, 0.2) is 17.2 Å². The summed E-state index contributed by atoms with van der Waals surface area (Å²) in [6, 6.07) is 5.75. The van der Waals surface area contributed by atoms with E-state index in [-0.39, 0.29) is 5.91 Å². The number of hydrogen-bond acceptors (Lipinski definition) is 4. The van der Waals surface area contributed by atoms with Crippen LogP contribution in [0.1, 0.15) is 59.9 Å². The molecule has 0 atom stereocenters. The Morgan fingerprint density at radius 3 is 2.92 bits per heavy atom. The van der Waals surface area contributed by atoms with E-state index in [1.54, 1.807) is 7.11 Å². The minimum atomic E-state index is -0.133. The Labute approximate surface area is 154 Å². The molecule has 140 valence electrons. The molecule has 2 N–H and O–H groups in total. The van der Waals surface area contributed by atoms with E-state index in [1.807, 2.05) is 18.2 Å². The first-order valence-corrected chi connectivity index (χ1v) is 9.37. The summed E-state index contributed by atoms with van der Waals surface area (Å²) >= 11 is 0. The van der Waals surface area contributed by atoms with Crippen LogP contribution in [0.4, 0.5) is 0 Å². The van der Waals surface area contributed by atoms with Gasteiger partial charge in [-0.3, -0.25) is 9.89 Å². The van der Waals surface area contributed by atoms with Gasteiger partial charge in [0.05, 0.1) is 13.7 Å². The number of rotatable bonds is 8. The molecule has 26 heavy (non-hydrogen) atoms. The summed E-state index contributed by atoms with van der Waals surface area (Å²) in [4.78, 5) is 12.5. The van der Waals surface area contributed by atoms with E-state index in [2.05, 4.69) is 22.4 Å². The lowest BCUT2D eigenvalue weighted by molar-refractivity contribution is 0.0944. The zero-order chi connectivity index (χ0) is 18.4. The molecule has 0 aliphatic heterocycles. The molecule has 2 aromatic rings. The van der Waals surface area contributed by atoms with Crippen LogP contribution in [0.3, 0.4) is 0 Å². The SMILES string of the molecule is CCCCOc1ccc(CNC(=O)c2n[nH]c3c2CCCC3)cc1OC. The molecule has 0 unspecified atom stereocenters. The summed E-state index contributed by atoms with van der Waals surface area (Å²) in [5.74, 6) is 1.29. The number of methoxy groups -OCH3 is 1. The van der Waals surface area contributed by atoms with Crippen molar-refractivity contribution in [2.75, 3.05) is 13.7 Å². The van der Waals surface area contributed by atoms with Gasteiger partial charge in [0.25, 0.3) is 5.91 Å². The number of aryl methyl sites for hydroxylation is 1. The van der Waals surface area contributed by atoms with Crippen LogP contribution in [0.2, 0.25) is 0 Å². The van der Waals surface area contributed by atoms with Crippen LogP contribution < -0.4 is 14.8 Å². The highest BCUT2D eigenvalue weighted by molar-refractivity contribution is 5.94. The normalized spacial score (nSPS) is 13.2. The Morgan fingerprint density at radius 1 is 1.27 bits per heavy atom. The van der Waals surface area contributed by atoms with Gasteiger partial charge >= 0.3 is 0 Å². The summed E-state index contributed by atoms with van der Waals surface area (Å²) < 4.78 is 11.2. The van der Waals surface area contributed by atoms with Crippen LogP contribution in [0, 0.1) is 0 Å². The zero-order valence-corrected chi connectivity index (χ0v) is 15.6. The fraction of sp³-hybridized carbons (Fsp3) is 0.500. The second-order valence-electron chi connectivity index (χ2n) is 6.61. The molecule has 1 aliphatic carbocycles. The second kappa shape index (κ2) is 8.74. The maximum absolute atomic E-state index is 12.5. The molecule has 6 heteroatoms. The molecule has 0 radical (unpaired) electrons. The average Bonchev–Trinajstić information content (AvgIpc) is 3.11. The average molecular weight is 357 g/mol. The lowest BCUT2D eigenvalue weighted by atomic mass is 9.96. The van der Waals surface area contributed by atoms with Crippen LogP contribution in [-0.2, 0) is 19.4 Å². The lowest BCUT2D eigenvalue weighted by Crippen LogP contribution is -2.24. The molecule has 1 aromatic carbocycles.